The quantitative estimate of drug-likeness (QED) is 0.884. The fourth-order valence-electron chi connectivity index (χ4n) is 1.39. The topological polar surface area (TPSA) is 26.0 Å². The summed E-state index contributed by atoms with van der Waals surface area (Å²) in [4.78, 5) is 0. The predicted octanol–water partition coefficient (Wildman–Crippen LogP) is 3.12. The molecule has 0 radical (unpaired) electrons. The Kier molecular flexibility index (Phi) is 4.55. The van der Waals surface area contributed by atoms with Crippen molar-refractivity contribution in [1.82, 2.24) is 0 Å². The Morgan fingerprint density at radius 2 is 2.21 bits per heavy atom. The third-order valence-corrected chi connectivity index (χ3v) is 3.03. The first-order chi connectivity index (χ1) is 6.67. The van der Waals surface area contributed by atoms with Crippen LogP contribution in [0.4, 0.5) is 4.39 Å². The maximum absolute atomic E-state index is 12.9. The molecule has 0 bridgehead atoms. The van der Waals surface area contributed by atoms with Crippen LogP contribution in [0.15, 0.2) is 22.7 Å². The third-order valence-electron chi connectivity index (χ3n) is 2.42. The third kappa shape index (κ3) is 3.07. The van der Waals surface area contributed by atoms with Gasteiger partial charge in [0.05, 0.1) is 4.47 Å². The van der Waals surface area contributed by atoms with Crippen molar-refractivity contribution in [3.63, 3.8) is 0 Å². The predicted molar refractivity (Wildman–Crippen MR) is 60.6 cm³/mol. The fourth-order valence-corrected chi connectivity index (χ4v) is 1.82. The molecule has 1 rings (SSSR count). The van der Waals surface area contributed by atoms with Gasteiger partial charge in [0, 0.05) is 0 Å². The molecule has 14 heavy (non-hydrogen) atoms. The van der Waals surface area contributed by atoms with Crippen LogP contribution in [0, 0.1) is 11.7 Å². The van der Waals surface area contributed by atoms with Gasteiger partial charge in [-0.3, -0.25) is 0 Å². The van der Waals surface area contributed by atoms with E-state index in [1.807, 2.05) is 12.1 Å². The van der Waals surface area contributed by atoms with Gasteiger partial charge in [0.15, 0.2) is 0 Å². The van der Waals surface area contributed by atoms with Crippen LogP contribution < -0.4 is 5.73 Å². The lowest BCUT2D eigenvalue weighted by molar-refractivity contribution is 0.517. The summed E-state index contributed by atoms with van der Waals surface area (Å²) < 4.78 is 13.5. The molecule has 0 saturated heterocycles. The summed E-state index contributed by atoms with van der Waals surface area (Å²) in [6.07, 6.45) is 1.98. The van der Waals surface area contributed by atoms with E-state index in [9.17, 15) is 4.39 Å². The number of benzene rings is 1. The molecule has 0 spiro atoms. The molecule has 1 aromatic carbocycles. The van der Waals surface area contributed by atoms with Crippen molar-refractivity contribution in [2.45, 2.75) is 19.8 Å². The van der Waals surface area contributed by atoms with Crippen LogP contribution in [0.1, 0.15) is 18.9 Å². The highest BCUT2D eigenvalue weighted by molar-refractivity contribution is 9.10. The van der Waals surface area contributed by atoms with Crippen molar-refractivity contribution < 1.29 is 4.39 Å². The summed E-state index contributed by atoms with van der Waals surface area (Å²) >= 11 is 3.17. The molecule has 1 aromatic rings. The number of halogens is 2. The molecule has 0 aliphatic heterocycles. The minimum absolute atomic E-state index is 0.213. The van der Waals surface area contributed by atoms with Gasteiger partial charge < -0.3 is 5.73 Å². The Bertz CT molecular complexity index is 297. The molecule has 1 atom stereocenters. The lowest BCUT2D eigenvalue weighted by atomic mass is 9.97. The van der Waals surface area contributed by atoms with E-state index >= 15 is 0 Å². The maximum Gasteiger partial charge on any atom is 0.137 e. The van der Waals surface area contributed by atoms with Crippen LogP contribution in [-0.4, -0.2) is 6.54 Å². The first-order valence-electron chi connectivity index (χ1n) is 4.81. The second kappa shape index (κ2) is 5.47. The zero-order chi connectivity index (χ0) is 10.6. The van der Waals surface area contributed by atoms with E-state index in [-0.39, 0.29) is 5.82 Å². The molecule has 0 amide bonds. The molecule has 0 saturated carbocycles. The molecule has 0 fully saturated rings. The SMILES string of the molecule is CCC(CN)Cc1ccc(F)c(Br)c1. The van der Waals surface area contributed by atoms with Gasteiger partial charge in [0.25, 0.3) is 0 Å². The minimum atomic E-state index is -0.213. The normalized spacial score (nSPS) is 12.9. The minimum Gasteiger partial charge on any atom is -0.330 e. The van der Waals surface area contributed by atoms with Gasteiger partial charge in [-0.25, -0.2) is 4.39 Å². The molecular weight excluding hydrogens is 245 g/mol. The van der Waals surface area contributed by atoms with E-state index in [4.69, 9.17) is 5.73 Å². The highest BCUT2D eigenvalue weighted by Crippen LogP contribution is 2.19. The Morgan fingerprint density at radius 3 is 2.71 bits per heavy atom. The number of hydrogen-bond donors (Lipinski definition) is 1. The highest BCUT2D eigenvalue weighted by atomic mass is 79.9. The van der Waals surface area contributed by atoms with Gasteiger partial charge >= 0.3 is 0 Å². The van der Waals surface area contributed by atoms with Crippen molar-refractivity contribution in [3.8, 4) is 0 Å². The molecule has 78 valence electrons. The summed E-state index contributed by atoms with van der Waals surface area (Å²) in [6.45, 7) is 2.81. The summed E-state index contributed by atoms with van der Waals surface area (Å²) in [7, 11) is 0. The summed E-state index contributed by atoms with van der Waals surface area (Å²) in [5, 5.41) is 0. The van der Waals surface area contributed by atoms with Crippen molar-refractivity contribution >= 4 is 15.9 Å². The van der Waals surface area contributed by atoms with E-state index in [0.717, 1.165) is 18.4 Å². The van der Waals surface area contributed by atoms with Crippen LogP contribution in [0.2, 0.25) is 0 Å². The molecular formula is C11H15BrFN. The van der Waals surface area contributed by atoms with Crippen molar-refractivity contribution in [2.75, 3.05) is 6.54 Å². The van der Waals surface area contributed by atoms with E-state index in [0.29, 0.717) is 16.9 Å². The molecule has 0 aliphatic carbocycles. The standard InChI is InChI=1S/C11H15BrFN/c1-2-8(7-14)5-9-3-4-11(13)10(12)6-9/h3-4,6,8H,2,5,7,14H2,1H3. The summed E-state index contributed by atoms with van der Waals surface area (Å²) in [6, 6.07) is 5.13. The Morgan fingerprint density at radius 1 is 1.50 bits per heavy atom. The highest BCUT2D eigenvalue weighted by Gasteiger charge is 2.06. The molecule has 1 unspecified atom stereocenters. The van der Waals surface area contributed by atoms with Crippen molar-refractivity contribution in [2.24, 2.45) is 11.7 Å². The van der Waals surface area contributed by atoms with Crippen LogP contribution in [0.5, 0.6) is 0 Å². The van der Waals surface area contributed by atoms with E-state index < -0.39 is 0 Å². The smallest absolute Gasteiger partial charge is 0.137 e. The van der Waals surface area contributed by atoms with Crippen LogP contribution in [0.3, 0.4) is 0 Å². The fraction of sp³-hybridized carbons (Fsp3) is 0.455. The van der Waals surface area contributed by atoms with Gasteiger partial charge in [-0.1, -0.05) is 19.4 Å². The van der Waals surface area contributed by atoms with E-state index in [2.05, 4.69) is 22.9 Å². The van der Waals surface area contributed by atoms with Gasteiger partial charge in [0.1, 0.15) is 5.82 Å². The number of hydrogen-bond acceptors (Lipinski definition) is 1. The first kappa shape index (κ1) is 11.7. The number of nitrogens with two attached hydrogens (primary N) is 1. The summed E-state index contributed by atoms with van der Waals surface area (Å²) in [5.74, 6) is 0.280. The molecule has 0 aromatic heterocycles. The molecule has 2 N–H and O–H groups in total. The zero-order valence-corrected chi connectivity index (χ0v) is 9.85. The molecule has 1 nitrogen and oxygen atoms in total. The average molecular weight is 260 g/mol. The average Bonchev–Trinajstić information content (AvgIpc) is 2.19. The molecule has 3 heteroatoms. The zero-order valence-electron chi connectivity index (χ0n) is 8.26. The van der Waals surface area contributed by atoms with E-state index in [1.165, 1.54) is 6.07 Å². The van der Waals surface area contributed by atoms with Gasteiger partial charge in [-0.15, -0.1) is 0 Å². The molecule has 0 aliphatic rings. The number of rotatable bonds is 4. The van der Waals surface area contributed by atoms with Gasteiger partial charge in [-0.05, 0) is 52.5 Å². The van der Waals surface area contributed by atoms with E-state index in [1.54, 1.807) is 0 Å². The largest absolute Gasteiger partial charge is 0.330 e. The lowest BCUT2D eigenvalue weighted by Crippen LogP contribution is -2.15. The van der Waals surface area contributed by atoms with Crippen molar-refractivity contribution in [1.29, 1.82) is 0 Å². The Labute approximate surface area is 92.6 Å². The lowest BCUT2D eigenvalue weighted by Gasteiger charge is -2.12. The Hall–Kier alpha value is -0.410. The van der Waals surface area contributed by atoms with Gasteiger partial charge in [-0.2, -0.15) is 0 Å². The monoisotopic (exact) mass is 259 g/mol. The maximum atomic E-state index is 12.9. The van der Waals surface area contributed by atoms with Crippen LogP contribution in [-0.2, 0) is 6.42 Å². The van der Waals surface area contributed by atoms with Crippen molar-refractivity contribution in [3.05, 3.63) is 34.1 Å². The second-order valence-corrected chi connectivity index (χ2v) is 4.32. The van der Waals surface area contributed by atoms with Gasteiger partial charge in [0.2, 0.25) is 0 Å². The second-order valence-electron chi connectivity index (χ2n) is 3.46. The summed E-state index contributed by atoms with van der Waals surface area (Å²) in [5.41, 5.74) is 6.75. The molecule has 0 heterocycles. The van der Waals surface area contributed by atoms with Crippen LogP contribution >= 0.6 is 15.9 Å². The van der Waals surface area contributed by atoms with Crippen LogP contribution in [0.25, 0.3) is 0 Å². The Balaban J connectivity index is 2.72. The first-order valence-corrected chi connectivity index (χ1v) is 5.60.